The van der Waals surface area contributed by atoms with Crippen molar-refractivity contribution in [3.8, 4) is 0 Å². The molecule has 0 spiro atoms. The van der Waals surface area contributed by atoms with E-state index in [2.05, 4.69) is 43.0 Å². The molecule has 5 heteroatoms. The zero-order chi connectivity index (χ0) is 15.3. The Kier molecular flexibility index (Phi) is 3.11. The molecule has 21 heavy (non-hydrogen) atoms. The molecule has 3 rings (SSSR count). The highest BCUT2D eigenvalue weighted by Crippen LogP contribution is 2.46. The number of hydrogen-bond donors (Lipinski definition) is 2. The van der Waals surface area contributed by atoms with Crippen LogP contribution in [-0.2, 0) is 0 Å². The average Bonchev–Trinajstić information content (AvgIpc) is 2.71. The SMILES string of the molecule is CC1(C)CC(Nc2nc(N)cn3ccnc23)CC(C)(C)C1. The van der Waals surface area contributed by atoms with E-state index in [0.29, 0.717) is 22.7 Å². The van der Waals surface area contributed by atoms with Crippen LogP contribution in [0, 0.1) is 10.8 Å². The quantitative estimate of drug-likeness (QED) is 0.889. The van der Waals surface area contributed by atoms with Crippen molar-refractivity contribution in [2.75, 3.05) is 11.1 Å². The Hall–Kier alpha value is -1.78. The molecule has 2 aromatic rings. The van der Waals surface area contributed by atoms with Crippen LogP contribution in [0.5, 0.6) is 0 Å². The number of aromatic nitrogens is 3. The van der Waals surface area contributed by atoms with Crippen molar-refractivity contribution in [3.05, 3.63) is 18.6 Å². The predicted octanol–water partition coefficient (Wildman–Crippen LogP) is 3.33. The van der Waals surface area contributed by atoms with Gasteiger partial charge < -0.3 is 15.5 Å². The van der Waals surface area contributed by atoms with Crippen molar-refractivity contribution in [3.63, 3.8) is 0 Å². The zero-order valence-corrected chi connectivity index (χ0v) is 13.3. The molecule has 2 aromatic heterocycles. The van der Waals surface area contributed by atoms with Gasteiger partial charge >= 0.3 is 0 Å². The summed E-state index contributed by atoms with van der Waals surface area (Å²) in [5.74, 6) is 1.30. The molecule has 1 aliphatic carbocycles. The topological polar surface area (TPSA) is 68.2 Å². The lowest BCUT2D eigenvalue weighted by molar-refractivity contribution is 0.105. The molecule has 1 aliphatic rings. The second kappa shape index (κ2) is 4.61. The monoisotopic (exact) mass is 287 g/mol. The van der Waals surface area contributed by atoms with Crippen molar-refractivity contribution in [2.24, 2.45) is 10.8 Å². The van der Waals surface area contributed by atoms with Crippen LogP contribution < -0.4 is 11.1 Å². The second-order valence-electron chi connectivity index (χ2n) is 7.93. The lowest BCUT2D eigenvalue weighted by Crippen LogP contribution is -2.40. The van der Waals surface area contributed by atoms with Crippen LogP contribution in [0.3, 0.4) is 0 Å². The number of nitrogens with one attached hydrogen (secondary N) is 1. The Balaban J connectivity index is 1.89. The summed E-state index contributed by atoms with van der Waals surface area (Å²) in [5.41, 5.74) is 7.41. The molecule has 114 valence electrons. The van der Waals surface area contributed by atoms with Gasteiger partial charge in [0.15, 0.2) is 11.5 Å². The summed E-state index contributed by atoms with van der Waals surface area (Å²) >= 11 is 0. The summed E-state index contributed by atoms with van der Waals surface area (Å²) in [7, 11) is 0. The molecule has 0 aliphatic heterocycles. The molecule has 1 saturated carbocycles. The van der Waals surface area contributed by atoms with Gasteiger partial charge in [-0.3, -0.25) is 0 Å². The standard InChI is InChI=1S/C16H25N5/c1-15(2)7-11(8-16(3,4)10-15)19-13-14-18-5-6-21(14)9-12(17)20-13/h5-6,9,11H,7-8,10,17H2,1-4H3,(H,19,20). The largest absolute Gasteiger partial charge is 0.382 e. The van der Waals surface area contributed by atoms with Gasteiger partial charge in [-0.05, 0) is 30.1 Å². The van der Waals surface area contributed by atoms with Gasteiger partial charge in [0.25, 0.3) is 0 Å². The fourth-order valence-corrected chi connectivity index (χ4v) is 4.19. The smallest absolute Gasteiger partial charge is 0.180 e. The average molecular weight is 287 g/mol. The maximum Gasteiger partial charge on any atom is 0.180 e. The first kappa shape index (κ1) is 14.2. The van der Waals surface area contributed by atoms with Crippen molar-refractivity contribution in [1.29, 1.82) is 0 Å². The fraction of sp³-hybridized carbons (Fsp3) is 0.625. The van der Waals surface area contributed by atoms with Crippen LogP contribution in [0.1, 0.15) is 47.0 Å². The van der Waals surface area contributed by atoms with Crippen molar-refractivity contribution in [2.45, 2.75) is 53.0 Å². The number of rotatable bonds is 2. The Bertz CT molecular complexity index is 640. The molecule has 0 bridgehead atoms. The lowest BCUT2D eigenvalue weighted by atomic mass is 9.63. The van der Waals surface area contributed by atoms with Gasteiger partial charge in [0.05, 0.1) is 6.20 Å². The first-order chi connectivity index (χ1) is 9.74. The maximum atomic E-state index is 5.90. The maximum absolute atomic E-state index is 5.90. The van der Waals surface area contributed by atoms with Crippen LogP contribution in [0.2, 0.25) is 0 Å². The van der Waals surface area contributed by atoms with Crippen LogP contribution in [0.15, 0.2) is 18.6 Å². The highest BCUT2D eigenvalue weighted by Gasteiger charge is 2.38. The third kappa shape index (κ3) is 2.96. The van der Waals surface area contributed by atoms with Crippen LogP contribution >= 0.6 is 0 Å². The number of nitrogens with zero attached hydrogens (tertiary/aromatic N) is 3. The van der Waals surface area contributed by atoms with Crippen molar-refractivity contribution < 1.29 is 0 Å². The van der Waals surface area contributed by atoms with Gasteiger partial charge in [-0.25, -0.2) is 9.97 Å². The van der Waals surface area contributed by atoms with Gasteiger partial charge in [0, 0.05) is 18.4 Å². The number of anilines is 2. The molecule has 1 fully saturated rings. The lowest BCUT2D eigenvalue weighted by Gasteiger charge is -2.45. The molecular formula is C16H25N5. The third-order valence-electron chi connectivity index (χ3n) is 4.29. The van der Waals surface area contributed by atoms with Gasteiger partial charge in [0.1, 0.15) is 5.82 Å². The molecule has 0 saturated heterocycles. The number of hydrogen-bond acceptors (Lipinski definition) is 4. The Labute approximate surface area is 126 Å². The van der Waals surface area contributed by atoms with Gasteiger partial charge in [-0.2, -0.15) is 0 Å². The van der Waals surface area contributed by atoms with E-state index in [0.717, 1.165) is 24.3 Å². The van der Waals surface area contributed by atoms with E-state index in [-0.39, 0.29) is 0 Å². The Morgan fingerprint density at radius 3 is 2.57 bits per heavy atom. The fourth-order valence-electron chi connectivity index (χ4n) is 4.19. The summed E-state index contributed by atoms with van der Waals surface area (Å²) in [6.07, 6.45) is 8.99. The molecule has 0 unspecified atom stereocenters. The van der Waals surface area contributed by atoms with Crippen LogP contribution in [-0.4, -0.2) is 20.4 Å². The number of imidazole rings is 1. The number of fused-ring (bicyclic) bond motifs is 1. The van der Waals surface area contributed by atoms with Crippen LogP contribution in [0.4, 0.5) is 11.6 Å². The molecule has 0 aromatic carbocycles. The van der Waals surface area contributed by atoms with E-state index in [9.17, 15) is 0 Å². The number of nitrogen functional groups attached to an aromatic ring is 1. The summed E-state index contributed by atoms with van der Waals surface area (Å²) in [5, 5.41) is 3.59. The zero-order valence-electron chi connectivity index (χ0n) is 13.3. The minimum atomic E-state index is 0.339. The molecule has 3 N–H and O–H groups in total. The first-order valence-electron chi connectivity index (χ1n) is 7.60. The molecule has 5 nitrogen and oxygen atoms in total. The minimum absolute atomic E-state index is 0.339. The van der Waals surface area contributed by atoms with E-state index in [4.69, 9.17) is 5.73 Å². The normalized spacial score (nSPS) is 21.5. The predicted molar refractivity (Wildman–Crippen MR) is 86.2 cm³/mol. The van der Waals surface area contributed by atoms with E-state index in [1.165, 1.54) is 6.42 Å². The molecule has 0 amide bonds. The highest BCUT2D eigenvalue weighted by atomic mass is 15.1. The van der Waals surface area contributed by atoms with E-state index >= 15 is 0 Å². The third-order valence-corrected chi connectivity index (χ3v) is 4.29. The van der Waals surface area contributed by atoms with Gasteiger partial charge in [0.2, 0.25) is 0 Å². The summed E-state index contributed by atoms with van der Waals surface area (Å²) in [4.78, 5) is 8.83. The van der Waals surface area contributed by atoms with Crippen molar-refractivity contribution >= 4 is 17.3 Å². The summed E-state index contributed by atoms with van der Waals surface area (Å²) in [6.45, 7) is 9.39. The van der Waals surface area contributed by atoms with E-state index in [1.807, 2.05) is 10.6 Å². The van der Waals surface area contributed by atoms with Gasteiger partial charge in [-0.15, -0.1) is 0 Å². The molecule has 0 atom stereocenters. The Morgan fingerprint density at radius 2 is 1.90 bits per heavy atom. The van der Waals surface area contributed by atoms with Gasteiger partial charge in [-0.1, -0.05) is 27.7 Å². The van der Waals surface area contributed by atoms with E-state index in [1.54, 1.807) is 12.4 Å². The number of nitrogens with two attached hydrogens (primary N) is 1. The first-order valence-corrected chi connectivity index (χ1v) is 7.60. The van der Waals surface area contributed by atoms with Crippen molar-refractivity contribution in [1.82, 2.24) is 14.4 Å². The molecule has 0 radical (unpaired) electrons. The minimum Gasteiger partial charge on any atom is -0.382 e. The highest BCUT2D eigenvalue weighted by molar-refractivity contribution is 5.65. The molecule has 2 heterocycles. The summed E-state index contributed by atoms with van der Waals surface area (Å²) < 4.78 is 1.92. The van der Waals surface area contributed by atoms with Crippen LogP contribution in [0.25, 0.3) is 5.65 Å². The second-order valence-corrected chi connectivity index (χ2v) is 7.93. The molecular weight excluding hydrogens is 262 g/mol. The van der Waals surface area contributed by atoms with E-state index < -0.39 is 0 Å². The Morgan fingerprint density at radius 1 is 1.24 bits per heavy atom. The summed E-state index contributed by atoms with van der Waals surface area (Å²) in [6, 6.07) is 0.401.